The van der Waals surface area contributed by atoms with E-state index in [4.69, 9.17) is 39.5 Å². The first-order valence-electron chi connectivity index (χ1n) is 14.4. The van der Waals surface area contributed by atoms with Crippen LogP contribution in [0.15, 0.2) is 60.2 Å². The number of amides is 1. The first-order chi connectivity index (χ1) is 20.3. The summed E-state index contributed by atoms with van der Waals surface area (Å²) in [5.41, 5.74) is 4.98. The van der Waals surface area contributed by atoms with Crippen LogP contribution in [-0.4, -0.2) is 35.5 Å². The first kappa shape index (κ1) is 29.4. The van der Waals surface area contributed by atoms with E-state index in [1.54, 1.807) is 6.07 Å². The molecule has 2 fully saturated rings. The Balaban J connectivity index is 1.18. The molecule has 0 radical (unpaired) electrons. The molecule has 220 valence electrons. The molecule has 1 N–H and O–H groups in total. The first-order valence-corrected chi connectivity index (χ1v) is 15.5. The fraction of sp³-hybridized carbons (Fsp3) is 0.364. The molecule has 2 bridgehead atoms. The van der Waals surface area contributed by atoms with Crippen molar-refractivity contribution < 1.29 is 18.3 Å². The zero-order valence-corrected chi connectivity index (χ0v) is 25.2. The Kier molecular flexibility index (Phi) is 8.78. The van der Waals surface area contributed by atoms with Gasteiger partial charge in [0.05, 0.1) is 16.7 Å². The molecule has 3 aromatic carbocycles. The van der Waals surface area contributed by atoms with Gasteiger partial charge >= 0.3 is 0 Å². The second-order valence-corrected chi connectivity index (χ2v) is 12.5. The Labute approximate surface area is 259 Å². The molecule has 42 heavy (non-hydrogen) atoms. The minimum Gasteiger partial charge on any atom is -0.489 e. The van der Waals surface area contributed by atoms with E-state index in [1.165, 1.54) is 0 Å². The number of nitrogens with zero attached hydrogens (tertiary/aromatic N) is 1. The van der Waals surface area contributed by atoms with Gasteiger partial charge in [-0.2, -0.15) is 0 Å². The van der Waals surface area contributed by atoms with E-state index in [2.05, 4.69) is 29.6 Å². The summed E-state index contributed by atoms with van der Waals surface area (Å²) in [4.78, 5) is 16.2. The smallest absolute Gasteiger partial charge is 0.252 e. The molecule has 2 aliphatic heterocycles. The number of carbonyl (C=O) groups is 1. The molecule has 0 aromatic heterocycles. The number of hydrogen-bond donors (Lipinski definition) is 1. The van der Waals surface area contributed by atoms with Crippen molar-refractivity contribution in [3.05, 3.63) is 104 Å². The third-order valence-electron chi connectivity index (χ3n) is 8.38. The Hall–Kier alpha value is -2.64. The fourth-order valence-electron chi connectivity index (χ4n) is 6.05. The summed E-state index contributed by atoms with van der Waals surface area (Å²) in [5, 5.41) is 4.31. The lowest BCUT2D eigenvalue weighted by molar-refractivity contribution is -0.128. The van der Waals surface area contributed by atoms with Crippen LogP contribution in [0.25, 0.3) is 5.57 Å². The molecule has 4 nitrogen and oxygen atoms in total. The largest absolute Gasteiger partial charge is 0.489 e. The molecule has 2 heterocycles. The maximum Gasteiger partial charge on any atom is 0.252 e. The number of aryl methyl sites for hydroxylation is 1. The summed E-state index contributed by atoms with van der Waals surface area (Å²) in [6, 6.07) is 16.5. The number of nitrogens with one attached hydrogen (secondary N) is 1. The Morgan fingerprint density at radius 2 is 1.69 bits per heavy atom. The lowest BCUT2D eigenvalue weighted by Crippen LogP contribution is -2.44. The second kappa shape index (κ2) is 12.5. The summed E-state index contributed by atoms with van der Waals surface area (Å²) in [6.07, 6.45) is 6.08. The van der Waals surface area contributed by atoms with E-state index in [0.29, 0.717) is 35.5 Å². The minimum absolute atomic E-state index is 0.0363. The topological polar surface area (TPSA) is 41.6 Å². The zero-order valence-electron chi connectivity index (χ0n) is 22.9. The van der Waals surface area contributed by atoms with Crippen LogP contribution < -0.4 is 10.1 Å². The lowest BCUT2D eigenvalue weighted by atomic mass is 9.88. The number of fused-ring (bicyclic) bond motifs is 2. The van der Waals surface area contributed by atoms with Crippen LogP contribution in [0.5, 0.6) is 5.75 Å². The van der Waals surface area contributed by atoms with Crippen molar-refractivity contribution in [2.24, 2.45) is 0 Å². The molecule has 9 heteroatoms. The summed E-state index contributed by atoms with van der Waals surface area (Å²) in [5.74, 6) is -1.58. The molecule has 1 amide bonds. The number of halogens is 5. The summed E-state index contributed by atoms with van der Waals surface area (Å²) in [6.45, 7) is 0.635. The van der Waals surface area contributed by atoms with Crippen molar-refractivity contribution in [2.45, 2.75) is 69.6 Å². The highest BCUT2D eigenvalue weighted by molar-refractivity contribution is 6.42. The molecule has 1 saturated heterocycles. The highest BCUT2D eigenvalue weighted by Crippen LogP contribution is 2.41. The average molecular weight is 632 g/mol. The predicted molar refractivity (Wildman–Crippen MR) is 163 cm³/mol. The highest BCUT2D eigenvalue weighted by atomic mass is 35.5. The fourth-order valence-corrected chi connectivity index (χ4v) is 6.64. The van der Waals surface area contributed by atoms with Gasteiger partial charge in [-0.3, -0.25) is 4.79 Å². The maximum atomic E-state index is 14.3. The van der Waals surface area contributed by atoms with Crippen LogP contribution in [0, 0.1) is 11.6 Å². The average Bonchev–Trinajstić information content (AvgIpc) is 3.77. The number of benzene rings is 3. The van der Waals surface area contributed by atoms with Crippen molar-refractivity contribution in [3.8, 4) is 5.75 Å². The van der Waals surface area contributed by atoms with Gasteiger partial charge in [-0.05, 0) is 85.4 Å². The molecule has 3 aromatic rings. The molecule has 3 aliphatic rings. The van der Waals surface area contributed by atoms with Crippen LogP contribution in [0.1, 0.15) is 55.2 Å². The van der Waals surface area contributed by atoms with E-state index in [9.17, 15) is 13.6 Å². The normalized spacial score (nSPS) is 19.7. The number of rotatable bonds is 10. The van der Waals surface area contributed by atoms with Gasteiger partial charge in [0.15, 0.2) is 11.6 Å². The van der Waals surface area contributed by atoms with Crippen molar-refractivity contribution >= 4 is 46.3 Å². The third-order valence-corrected chi connectivity index (χ3v) is 9.59. The van der Waals surface area contributed by atoms with E-state index in [-0.39, 0.29) is 35.4 Å². The quantitative estimate of drug-likeness (QED) is 0.181. The number of ether oxygens (including phenoxy) is 1. The van der Waals surface area contributed by atoms with Crippen LogP contribution in [0.2, 0.25) is 15.1 Å². The van der Waals surface area contributed by atoms with Gasteiger partial charge in [0.25, 0.3) is 5.91 Å². The SMILES string of the molecule is O=C(C1=C(c2ccc(CCCOc3c(F)ccc(F)c3Cl)cc2)C[C@@H]2CCC1N2)N(Cc1cccc(Cl)c1Cl)C1CC1. The van der Waals surface area contributed by atoms with Gasteiger partial charge < -0.3 is 15.0 Å². The number of carbonyl (C=O) groups excluding carboxylic acids is 1. The van der Waals surface area contributed by atoms with Crippen molar-refractivity contribution in [2.75, 3.05) is 6.61 Å². The molecule has 2 atom stereocenters. The minimum atomic E-state index is -0.712. The third kappa shape index (κ3) is 6.19. The predicted octanol–water partition coefficient (Wildman–Crippen LogP) is 8.41. The molecule has 0 spiro atoms. The summed E-state index contributed by atoms with van der Waals surface area (Å²) < 4.78 is 33.1. The van der Waals surface area contributed by atoms with E-state index in [1.807, 2.05) is 17.0 Å². The molecular formula is C33H31Cl3F2N2O2. The van der Waals surface area contributed by atoms with Crippen LogP contribution in [0.4, 0.5) is 8.78 Å². The maximum absolute atomic E-state index is 14.3. The molecule has 1 aliphatic carbocycles. The van der Waals surface area contributed by atoms with Crippen LogP contribution >= 0.6 is 34.8 Å². The Morgan fingerprint density at radius 1 is 0.929 bits per heavy atom. The van der Waals surface area contributed by atoms with Crippen molar-refractivity contribution in [3.63, 3.8) is 0 Å². The Morgan fingerprint density at radius 3 is 2.45 bits per heavy atom. The molecule has 6 rings (SSSR count). The van der Waals surface area contributed by atoms with Gasteiger partial charge in [-0.1, -0.05) is 71.2 Å². The van der Waals surface area contributed by atoms with Crippen LogP contribution in [-0.2, 0) is 17.8 Å². The zero-order chi connectivity index (χ0) is 29.4. The van der Waals surface area contributed by atoms with Gasteiger partial charge in [0, 0.05) is 30.2 Å². The molecule has 1 saturated carbocycles. The van der Waals surface area contributed by atoms with Crippen molar-refractivity contribution in [1.82, 2.24) is 10.2 Å². The standard InChI is InChI=1S/C33H31Cl3F2N2O2/c34-25-5-1-4-21(30(25)35)18-40(23-11-12-23)33(41)29-24(17-22-10-15-28(29)39-22)20-8-6-19(7-9-20)3-2-16-42-32-27(38)14-13-26(37)31(32)36/h1,4-9,13-14,22-23,28,39H,2-3,10-12,15-18H2/t22-,28?/m0/s1. The van der Waals surface area contributed by atoms with E-state index in [0.717, 1.165) is 72.1 Å². The van der Waals surface area contributed by atoms with Gasteiger partial charge in [-0.25, -0.2) is 8.78 Å². The summed E-state index contributed by atoms with van der Waals surface area (Å²) >= 11 is 18.6. The lowest BCUT2D eigenvalue weighted by Gasteiger charge is -2.32. The monoisotopic (exact) mass is 630 g/mol. The Bertz CT molecular complexity index is 1520. The van der Waals surface area contributed by atoms with Crippen molar-refractivity contribution in [1.29, 1.82) is 0 Å². The van der Waals surface area contributed by atoms with Gasteiger partial charge in [0.1, 0.15) is 10.8 Å². The molecular weight excluding hydrogens is 601 g/mol. The summed E-state index contributed by atoms with van der Waals surface area (Å²) in [7, 11) is 0. The molecule has 1 unspecified atom stereocenters. The number of hydrogen-bond acceptors (Lipinski definition) is 3. The van der Waals surface area contributed by atoms with Gasteiger partial charge in [0.2, 0.25) is 0 Å². The second-order valence-electron chi connectivity index (χ2n) is 11.3. The van der Waals surface area contributed by atoms with E-state index >= 15 is 0 Å². The van der Waals surface area contributed by atoms with Crippen LogP contribution in [0.3, 0.4) is 0 Å². The van der Waals surface area contributed by atoms with Gasteiger partial charge in [-0.15, -0.1) is 0 Å². The van der Waals surface area contributed by atoms with E-state index < -0.39 is 11.6 Å². The highest BCUT2D eigenvalue weighted by Gasteiger charge is 2.42.